The van der Waals surface area contributed by atoms with Gasteiger partial charge in [0.05, 0.1) is 0 Å². The van der Waals surface area contributed by atoms with Gasteiger partial charge >= 0.3 is 34.1 Å². The summed E-state index contributed by atoms with van der Waals surface area (Å²) in [6, 6.07) is 0. The molecule has 0 spiro atoms. The Bertz CT molecular complexity index is 519. The molecule has 6 heteroatoms. The van der Waals surface area contributed by atoms with Gasteiger partial charge in [-0.2, -0.15) is 0 Å². The van der Waals surface area contributed by atoms with Crippen molar-refractivity contribution >= 4 is 0 Å². The molecular formula is C38H81Fe2N3O. The summed E-state index contributed by atoms with van der Waals surface area (Å²) in [5.41, 5.74) is 0. The molecule has 4 unspecified atom stereocenters. The SMILES string of the molecule is C1CCCC1.C1CCCC1.CN(C)CC1CCC(CN(CCCCCCO)CC2CCCC2CN(C)C)C1.[CH3-].[CH3-].[CH3-].[CH3-].[Fe+2].[Fe+2]. The smallest absolute Gasteiger partial charge is 0.396 e. The summed E-state index contributed by atoms with van der Waals surface area (Å²) in [7, 11) is 8.91. The van der Waals surface area contributed by atoms with E-state index in [0.717, 1.165) is 30.1 Å². The molecule has 0 aromatic heterocycles. The Labute approximate surface area is 302 Å². The molecule has 4 atom stereocenters. The fourth-order valence-corrected chi connectivity index (χ4v) is 7.61. The van der Waals surface area contributed by atoms with Crippen LogP contribution in [-0.2, 0) is 34.1 Å². The second-order valence-electron chi connectivity index (χ2n) is 14.0. The average molecular weight is 708 g/mol. The van der Waals surface area contributed by atoms with E-state index in [4.69, 9.17) is 5.11 Å². The van der Waals surface area contributed by atoms with Crippen molar-refractivity contribution in [1.82, 2.24) is 14.7 Å². The van der Waals surface area contributed by atoms with E-state index >= 15 is 0 Å². The number of rotatable bonds is 14. The summed E-state index contributed by atoms with van der Waals surface area (Å²) in [5.74, 6) is 3.63. The molecular weight excluding hydrogens is 626 g/mol. The third kappa shape index (κ3) is 26.9. The molecule has 4 nitrogen and oxygen atoms in total. The van der Waals surface area contributed by atoms with E-state index in [2.05, 4.69) is 42.9 Å². The van der Waals surface area contributed by atoms with Crippen molar-refractivity contribution in [2.45, 2.75) is 128 Å². The van der Waals surface area contributed by atoms with E-state index in [0.29, 0.717) is 6.61 Å². The Hall–Kier alpha value is 0.879. The maximum atomic E-state index is 9.02. The van der Waals surface area contributed by atoms with E-state index in [1.807, 2.05) is 0 Å². The monoisotopic (exact) mass is 708 g/mol. The van der Waals surface area contributed by atoms with Crippen molar-refractivity contribution < 1.29 is 39.2 Å². The molecule has 0 amide bonds. The molecule has 4 saturated carbocycles. The van der Waals surface area contributed by atoms with Crippen LogP contribution in [0, 0.1) is 53.4 Å². The third-order valence-corrected chi connectivity index (χ3v) is 9.58. The van der Waals surface area contributed by atoms with E-state index in [1.165, 1.54) is 155 Å². The van der Waals surface area contributed by atoms with Gasteiger partial charge in [-0.1, -0.05) is 83.5 Å². The summed E-state index contributed by atoms with van der Waals surface area (Å²) in [6.45, 7) is 6.82. The molecule has 0 aromatic carbocycles. The predicted molar refractivity (Wildman–Crippen MR) is 193 cm³/mol. The maximum Gasteiger partial charge on any atom is 2.00 e. The fourth-order valence-electron chi connectivity index (χ4n) is 7.61. The Balaban J connectivity index is -0.000000269. The molecule has 4 fully saturated rings. The van der Waals surface area contributed by atoms with Crippen LogP contribution in [0.5, 0.6) is 0 Å². The van der Waals surface area contributed by atoms with E-state index < -0.39 is 0 Å². The molecule has 1 N–H and O–H groups in total. The minimum absolute atomic E-state index is 0. The number of aliphatic hydroxyl groups excluding tert-OH is 1. The summed E-state index contributed by atoms with van der Waals surface area (Å²) in [6.07, 6.45) is 28.3. The summed E-state index contributed by atoms with van der Waals surface area (Å²) in [4.78, 5) is 7.61. The largest absolute Gasteiger partial charge is 2.00 e. The topological polar surface area (TPSA) is 30.0 Å². The Morgan fingerprint density at radius 1 is 0.477 bits per heavy atom. The van der Waals surface area contributed by atoms with Crippen molar-refractivity contribution in [2.75, 3.05) is 67.5 Å². The van der Waals surface area contributed by atoms with Crippen molar-refractivity contribution in [3.8, 4) is 0 Å². The van der Waals surface area contributed by atoms with Gasteiger partial charge in [0.1, 0.15) is 0 Å². The molecule has 0 heterocycles. The van der Waals surface area contributed by atoms with Crippen LogP contribution in [0.2, 0.25) is 0 Å². The maximum absolute atomic E-state index is 9.02. The van der Waals surface area contributed by atoms with Crippen molar-refractivity contribution in [2.24, 2.45) is 23.7 Å². The minimum Gasteiger partial charge on any atom is -0.396 e. The van der Waals surface area contributed by atoms with Crippen LogP contribution in [0.1, 0.15) is 128 Å². The predicted octanol–water partition coefficient (Wildman–Crippen LogP) is 9.49. The zero-order chi connectivity index (χ0) is 27.4. The molecule has 0 radical (unpaired) electrons. The van der Waals surface area contributed by atoms with Gasteiger partial charge in [0.25, 0.3) is 0 Å². The van der Waals surface area contributed by atoms with Gasteiger partial charge in [-0.25, -0.2) is 0 Å². The molecule has 4 aliphatic rings. The minimum atomic E-state index is 0. The first-order valence-electron chi connectivity index (χ1n) is 17.1. The normalized spacial score (nSPS) is 23.5. The van der Waals surface area contributed by atoms with Crippen LogP contribution < -0.4 is 0 Å². The first-order chi connectivity index (χ1) is 18.5. The quantitative estimate of drug-likeness (QED) is 0.111. The van der Waals surface area contributed by atoms with E-state index in [9.17, 15) is 0 Å². The molecule has 0 bridgehead atoms. The van der Waals surface area contributed by atoms with Gasteiger partial charge in [-0.3, -0.25) is 0 Å². The molecule has 4 aliphatic carbocycles. The Morgan fingerprint density at radius 3 is 1.32 bits per heavy atom. The first kappa shape index (κ1) is 54.3. The Kier molecular flexibility index (Phi) is 43.5. The Morgan fingerprint density at radius 2 is 0.886 bits per heavy atom. The zero-order valence-electron chi connectivity index (χ0n) is 31.2. The van der Waals surface area contributed by atoms with E-state index in [-0.39, 0.29) is 63.8 Å². The molecule has 0 saturated heterocycles. The van der Waals surface area contributed by atoms with Crippen LogP contribution in [0.4, 0.5) is 0 Å². The van der Waals surface area contributed by atoms with Gasteiger partial charge in [0.2, 0.25) is 0 Å². The number of nitrogens with zero attached hydrogens (tertiary/aromatic N) is 3. The van der Waals surface area contributed by atoms with Crippen molar-refractivity contribution in [3.05, 3.63) is 29.7 Å². The van der Waals surface area contributed by atoms with Gasteiger partial charge in [-0.05, 0) is 103 Å². The van der Waals surface area contributed by atoms with Crippen LogP contribution in [0.25, 0.3) is 0 Å². The van der Waals surface area contributed by atoms with Gasteiger partial charge < -0.3 is 49.5 Å². The number of unbranched alkanes of at least 4 members (excludes halogenated alkanes) is 3. The molecule has 270 valence electrons. The third-order valence-electron chi connectivity index (χ3n) is 9.58. The van der Waals surface area contributed by atoms with Crippen LogP contribution >= 0.6 is 0 Å². The van der Waals surface area contributed by atoms with Crippen LogP contribution in [0.3, 0.4) is 0 Å². The summed E-state index contributed by atoms with van der Waals surface area (Å²) < 4.78 is 0. The summed E-state index contributed by atoms with van der Waals surface area (Å²) in [5, 5.41) is 9.02. The summed E-state index contributed by atoms with van der Waals surface area (Å²) >= 11 is 0. The van der Waals surface area contributed by atoms with Gasteiger partial charge in [-0.15, -0.1) is 0 Å². The fraction of sp³-hybridized carbons (Fsp3) is 0.895. The first-order valence-corrected chi connectivity index (χ1v) is 17.1. The van der Waals surface area contributed by atoms with Gasteiger partial charge in [0.15, 0.2) is 0 Å². The standard InChI is InChI=1S/C24H49N3O.2C5H10.4CH3.2Fe/c1-25(2)17-21-12-13-22(16-21)18-27(14-7-5-6-8-15-28)20-24-11-9-10-23(24)19-26(3)4;2*1-2-4-5-3-1;;;;;;/h21-24,28H,5-20H2,1-4H3;2*1-5H2;4*1H3;;/q;;;4*-1;2*+2. The van der Waals surface area contributed by atoms with E-state index in [1.54, 1.807) is 0 Å². The molecule has 0 aliphatic heterocycles. The van der Waals surface area contributed by atoms with Crippen LogP contribution in [0.15, 0.2) is 0 Å². The van der Waals surface area contributed by atoms with Gasteiger partial charge in [0, 0.05) is 32.8 Å². The molecule has 44 heavy (non-hydrogen) atoms. The zero-order valence-corrected chi connectivity index (χ0v) is 33.4. The molecule has 0 aromatic rings. The van der Waals surface area contributed by atoms with Crippen molar-refractivity contribution in [3.63, 3.8) is 0 Å². The number of aliphatic hydroxyl groups is 1. The second-order valence-corrected chi connectivity index (χ2v) is 14.0. The number of hydrogen-bond acceptors (Lipinski definition) is 4. The van der Waals surface area contributed by atoms with Crippen molar-refractivity contribution in [1.29, 1.82) is 0 Å². The van der Waals surface area contributed by atoms with Crippen LogP contribution in [-0.4, -0.2) is 87.3 Å². The number of hydrogen-bond donors (Lipinski definition) is 1. The molecule has 4 rings (SSSR count). The second kappa shape index (κ2) is 35.2. The average Bonchev–Trinajstić information content (AvgIpc) is 3.69.